The van der Waals surface area contributed by atoms with Crippen LogP contribution in [0.2, 0.25) is 0 Å². The van der Waals surface area contributed by atoms with E-state index in [9.17, 15) is 4.79 Å². The summed E-state index contributed by atoms with van der Waals surface area (Å²) in [4.78, 5) is 16.9. The van der Waals surface area contributed by atoms with Gasteiger partial charge in [-0.25, -0.2) is 4.98 Å². The molecule has 1 N–H and O–H groups in total. The molecule has 0 aliphatic heterocycles. The van der Waals surface area contributed by atoms with Crippen molar-refractivity contribution in [3.05, 3.63) is 60.2 Å². The normalized spacial score (nSPS) is 11.6. The first-order valence-corrected chi connectivity index (χ1v) is 9.34. The summed E-state index contributed by atoms with van der Waals surface area (Å²) in [5.41, 5.74) is 3.04. The van der Waals surface area contributed by atoms with Gasteiger partial charge in [-0.2, -0.15) is 0 Å². The molecule has 0 unspecified atom stereocenters. The van der Waals surface area contributed by atoms with Gasteiger partial charge in [-0.15, -0.1) is 0 Å². The van der Waals surface area contributed by atoms with Crippen molar-refractivity contribution in [1.29, 1.82) is 0 Å². The number of aromatic nitrogens is 2. The quantitative estimate of drug-likeness (QED) is 0.703. The van der Waals surface area contributed by atoms with Crippen LogP contribution in [0.15, 0.2) is 59.8 Å². The number of hydrogen-bond acceptors (Lipinski definition) is 3. The topological polar surface area (TPSA) is 46.9 Å². The zero-order valence-electron chi connectivity index (χ0n) is 14.8. The molecule has 5 heteroatoms. The largest absolute Gasteiger partial charge is 0.351 e. The Hall–Kier alpha value is -2.27. The molecule has 3 aromatic rings. The number of nitrogens with zero attached hydrogens (tertiary/aromatic N) is 2. The predicted octanol–water partition coefficient (Wildman–Crippen LogP) is 4.09. The number of carbonyl (C=O) groups is 1. The van der Waals surface area contributed by atoms with Gasteiger partial charge in [-0.3, -0.25) is 4.79 Å². The standard InChI is InChI=1S/C20H23N3OS/c1-20(2,3)22-18(24)14-25-19-21-16-11-7-8-12-17(16)23(19)13-15-9-5-4-6-10-15/h4-12H,13-14H2,1-3H3,(H,22,24). The van der Waals surface area contributed by atoms with Gasteiger partial charge in [0, 0.05) is 5.54 Å². The maximum absolute atomic E-state index is 12.1. The van der Waals surface area contributed by atoms with E-state index in [0.29, 0.717) is 5.75 Å². The monoisotopic (exact) mass is 353 g/mol. The van der Waals surface area contributed by atoms with Crippen molar-refractivity contribution in [2.24, 2.45) is 0 Å². The highest BCUT2D eigenvalue weighted by molar-refractivity contribution is 7.99. The summed E-state index contributed by atoms with van der Waals surface area (Å²) < 4.78 is 2.18. The fraction of sp³-hybridized carbons (Fsp3) is 0.300. The highest BCUT2D eigenvalue weighted by atomic mass is 32.2. The molecule has 1 aromatic heterocycles. The lowest BCUT2D eigenvalue weighted by Gasteiger charge is -2.20. The molecule has 4 nitrogen and oxygen atoms in total. The number of benzene rings is 2. The lowest BCUT2D eigenvalue weighted by molar-refractivity contribution is -0.119. The van der Waals surface area contributed by atoms with Crippen LogP contribution < -0.4 is 5.32 Å². The molecule has 0 fully saturated rings. The molecule has 130 valence electrons. The first kappa shape index (κ1) is 17.5. The summed E-state index contributed by atoms with van der Waals surface area (Å²) in [5, 5.41) is 3.87. The third-order valence-corrected chi connectivity index (χ3v) is 4.63. The third kappa shape index (κ3) is 4.63. The van der Waals surface area contributed by atoms with Crippen molar-refractivity contribution in [2.75, 3.05) is 5.75 Å². The van der Waals surface area contributed by atoms with E-state index in [1.807, 2.05) is 57.2 Å². The van der Waals surface area contributed by atoms with Gasteiger partial charge >= 0.3 is 0 Å². The van der Waals surface area contributed by atoms with Crippen LogP contribution >= 0.6 is 11.8 Å². The highest BCUT2D eigenvalue weighted by Crippen LogP contribution is 2.25. The van der Waals surface area contributed by atoms with Gasteiger partial charge in [0.05, 0.1) is 23.3 Å². The lowest BCUT2D eigenvalue weighted by atomic mass is 10.1. The van der Waals surface area contributed by atoms with Crippen LogP contribution in [0.4, 0.5) is 0 Å². The van der Waals surface area contributed by atoms with Crippen LogP contribution in [0.5, 0.6) is 0 Å². The number of imidazole rings is 1. The van der Waals surface area contributed by atoms with Crippen LogP contribution in [-0.4, -0.2) is 26.8 Å². The van der Waals surface area contributed by atoms with E-state index in [4.69, 9.17) is 4.98 Å². The number of nitrogens with one attached hydrogen (secondary N) is 1. The summed E-state index contributed by atoms with van der Waals surface area (Å²) in [6.07, 6.45) is 0. The molecule has 2 aromatic carbocycles. The number of fused-ring (bicyclic) bond motifs is 1. The van der Waals surface area contributed by atoms with Crippen molar-refractivity contribution >= 4 is 28.7 Å². The van der Waals surface area contributed by atoms with Gasteiger partial charge in [-0.1, -0.05) is 54.2 Å². The Morgan fingerprint density at radius 2 is 1.76 bits per heavy atom. The Morgan fingerprint density at radius 3 is 2.48 bits per heavy atom. The maximum atomic E-state index is 12.1. The van der Waals surface area contributed by atoms with E-state index >= 15 is 0 Å². The molecule has 1 heterocycles. The van der Waals surface area contributed by atoms with Gasteiger partial charge in [0.25, 0.3) is 0 Å². The molecule has 0 aliphatic carbocycles. The number of thioether (sulfide) groups is 1. The molecule has 1 amide bonds. The summed E-state index contributed by atoms with van der Waals surface area (Å²) >= 11 is 1.48. The second kappa shape index (κ2) is 7.31. The minimum atomic E-state index is -0.220. The Kier molecular flexibility index (Phi) is 5.13. The van der Waals surface area contributed by atoms with Crippen LogP contribution in [-0.2, 0) is 11.3 Å². The molecular formula is C20H23N3OS. The summed E-state index contributed by atoms with van der Waals surface area (Å²) in [5.74, 6) is 0.380. The second-order valence-corrected chi connectivity index (χ2v) is 7.98. The second-order valence-electron chi connectivity index (χ2n) is 7.04. The molecule has 0 saturated carbocycles. The number of amides is 1. The van der Waals surface area contributed by atoms with Gasteiger partial charge in [0.15, 0.2) is 5.16 Å². The fourth-order valence-electron chi connectivity index (χ4n) is 2.67. The van der Waals surface area contributed by atoms with Crippen molar-refractivity contribution in [2.45, 2.75) is 38.0 Å². The molecule has 0 spiro atoms. The van der Waals surface area contributed by atoms with E-state index in [-0.39, 0.29) is 11.4 Å². The lowest BCUT2D eigenvalue weighted by Crippen LogP contribution is -2.41. The zero-order chi connectivity index (χ0) is 17.9. The smallest absolute Gasteiger partial charge is 0.230 e. The Bertz CT molecular complexity index is 866. The summed E-state index contributed by atoms with van der Waals surface area (Å²) in [6, 6.07) is 18.4. The van der Waals surface area contributed by atoms with Crippen LogP contribution in [0.1, 0.15) is 26.3 Å². The zero-order valence-corrected chi connectivity index (χ0v) is 15.6. The number of carbonyl (C=O) groups excluding carboxylic acids is 1. The molecule has 0 radical (unpaired) electrons. The number of rotatable bonds is 5. The van der Waals surface area contributed by atoms with Crippen LogP contribution in [0, 0.1) is 0 Å². The minimum Gasteiger partial charge on any atom is -0.351 e. The predicted molar refractivity (Wildman–Crippen MR) is 104 cm³/mol. The molecule has 0 bridgehead atoms. The molecular weight excluding hydrogens is 330 g/mol. The first-order valence-electron chi connectivity index (χ1n) is 8.35. The van der Waals surface area contributed by atoms with Crippen LogP contribution in [0.25, 0.3) is 11.0 Å². The van der Waals surface area contributed by atoms with Gasteiger partial charge in [-0.05, 0) is 38.5 Å². The Morgan fingerprint density at radius 1 is 1.08 bits per heavy atom. The third-order valence-electron chi connectivity index (χ3n) is 3.65. The van der Waals surface area contributed by atoms with E-state index in [0.717, 1.165) is 22.7 Å². The Labute approximate surface area is 152 Å². The molecule has 0 saturated heterocycles. The molecule has 0 atom stereocenters. The number of para-hydroxylation sites is 2. The summed E-state index contributed by atoms with van der Waals surface area (Å²) in [6.45, 7) is 6.70. The maximum Gasteiger partial charge on any atom is 0.230 e. The van der Waals surface area contributed by atoms with Gasteiger partial charge in [0.1, 0.15) is 0 Å². The SMILES string of the molecule is CC(C)(C)NC(=O)CSc1nc2ccccc2n1Cc1ccccc1. The molecule has 25 heavy (non-hydrogen) atoms. The van der Waals surface area contributed by atoms with E-state index < -0.39 is 0 Å². The number of hydrogen-bond donors (Lipinski definition) is 1. The average molecular weight is 353 g/mol. The average Bonchev–Trinajstić information content (AvgIpc) is 2.90. The van der Waals surface area contributed by atoms with Gasteiger partial charge < -0.3 is 9.88 Å². The fourth-order valence-corrected chi connectivity index (χ4v) is 3.48. The van der Waals surface area contributed by atoms with Crippen molar-refractivity contribution in [1.82, 2.24) is 14.9 Å². The summed E-state index contributed by atoms with van der Waals surface area (Å²) in [7, 11) is 0. The van der Waals surface area contributed by atoms with Crippen molar-refractivity contribution in [3.8, 4) is 0 Å². The van der Waals surface area contributed by atoms with Crippen molar-refractivity contribution in [3.63, 3.8) is 0 Å². The Balaban J connectivity index is 1.84. The van der Waals surface area contributed by atoms with E-state index in [1.165, 1.54) is 17.3 Å². The van der Waals surface area contributed by atoms with Crippen molar-refractivity contribution < 1.29 is 4.79 Å². The van der Waals surface area contributed by atoms with Crippen LogP contribution in [0.3, 0.4) is 0 Å². The molecule has 3 rings (SSSR count). The molecule has 0 aliphatic rings. The first-order chi connectivity index (χ1) is 11.9. The van der Waals surface area contributed by atoms with Gasteiger partial charge in [0.2, 0.25) is 5.91 Å². The minimum absolute atomic E-state index is 0.0239. The highest BCUT2D eigenvalue weighted by Gasteiger charge is 2.16. The van der Waals surface area contributed by atoms with E-state index in [1.54, 1.807) is 0 Å². The van der Waals surface area contributed by atoms with E-state index in [2.05, 4.69) is 28.1 Å².